The Labute approximate surface area is 120 Å². The summed E-state index contributed by atoms with van der Waals surface area (Å²) in [5, 5.41) is 10.5. The fourth-order valence-electron chi connectivity index (χ4n) is 2.05. The Hall–Kier alpha value is -0.780. The van der Waals surface area contributed by atoms with Crippen LogP contribution in [0.3, 0.4) is 0 Å². The molecule has 0 atom stereocenters. The molecule has 1 aliphatic heterocycles. The van der Waals surface area contributed by atoms with E-state index >= 15 is 0 Å². The maximum atomic E-state index is 12.0. The van der Waals surface area contributed by atoms with Crippen LogP contribution in [0.5, 0.6) is 0 Å². The summed E-state index contributed by atoms with van der Waals surface area (Å²) in [6, 6.07) is 2.11. The van der Waals surface area contributed by atoms with E-state index in [1.807, 2.05) is 13.0 Å². The Balaban J connectivity index is 0.00000144. The summed E-state index contributed by atoms with van der Waals surface area (Å²) in [5.41, 5.74) is 1.51. The summed E-state index contributed by atoms with van der Waals surface area (Å²) in [4.78, 5) is 12.0. The van der Waals surface area contributed by atoms with Crippen LogP contribution < -0.4 is 10.6 Å². The first kappa shape index (κ1) is 17.2. The molecular formula is C11H20Cl2N4O. The molecule has 0 aliphatic carbocycles. The summed E-state index contributed by atoms with van der Waals surface area (Å²) in [6.07, 6.45) is 2.01. The molecule has 0 spiro atoms. The number of piperidine rings is 1. The van der Waals surface area contributed by atoms with Crippen molar-refractivity contribution in [2.24, 2.45) is 7.05 Å². The molecule has 18 heavy (non-hydrogen) atoms. The Kier molecular flexibility index (Phi) is 7.28. The largest absolute Gasteiger partial charge is 0.348 e. The smallest absolute Gasteiger partial charge is 0.269 e. The minimum absolute atomic E-state index is 0. The number of halogens is 2. The minimum Gasteiger partial charge on any atom is -0.348 e. The molecule has 1 saturated heterocycles. The van der Waals surface area contributed by atoms with Crippen LogP contribution in [-0.2, 0) is 7.05 Å². The van der Waals surface area contributed by atoms with Gasteiger partial charge in [-0.05, 0) is 38.9 Å². The predicted molar refractivity (Wildman–Crippen MR) is 75.8 cm³/mol. The van der Waals surface area contributed by atoms with Crippen molar-refractivity contribution in [2.45, 2.75) is 25.8 Å². The van der Waals surface area contributed by atoms with E-state index in [9.17, 15) is 4.79 Å². The number of hydrogen-bond donors (Lipinski definition) is 2. The normalized spacial score (nSPS) is 15.4. The van der Waals surface area contributed by atoms with Crippen LogP contribution in [0.25, 0.3) is 0 Å². The third kappa shape index (κ3) is 4.15. The first-order valence-electron chi connectivity index (χ1n) is 5.69. The van der Waals surface area contributed by atoms with E-state index in [0.29, 0.717) is 11.7 Å². The van der Waals surface area contributed by atoms with Gasteiger partial charge in [-0.3, -0.25) is 9.48 Å². The molecular weight excluding hydrogens is 275 g/mol. The van der Waals surface area contributed by atoms with Crippen LogP contribution in [0.4, 0.5) is 0 Å². The van der Waals surface area contributed by atoms with E-state index in [0.717, 1.165) is 31.6 Å². The van der Waals surface area contributed by atoms with Gasteiger partial charge in [-0.25, -0.2) is 0 Å². The van der Waals surface area contributed by atoms with E-state index in [1.54, 1.807) is 11.7 Å². The summed E-state index contributed by atoms with van der Waals surface area (Å²) in [6.45, 7) is 3.85. The van der Waals surface area contributed by atoms with Crippen molar-refractivity contribution in [1.82, 2.24) is 20.4 Å². The number of aryl methyl sites for hydroxylation is 2. The molecule has 7 heteroatoms. The molecule has 0 aromatic carbocycles. The molecule has 1 fully saturated rings. The number of amides is 1. The van der Waals surface area contributed by atoms with Gasteiger partial charge in [0.25, 0.3) is 5.91 Å². The van der Waals surface area contributed by atoms with Crippen molar-refractivity contribution >= 4 is 30.7 Å². The van der Waals surface area contributed by atoms with Crippen molar-refractivity contribution in [3.63, 3.8) is 0 Å². The molecule has 1 aromatic heterocycles. The highest BCUT2D eigenvalue weighted by atomic mass is 35.5. The first-order chi connectivity index (χ1) is 7.66. The van der Waals surface area contributed by atoms with Crippen LogP contribution in [0.2, 0.25) is 0 Å². The van der Waals surface area contributed by atoms with Crippen LogP contribution in [0, 0.1) is 6.92 Å². The van der Waals surface area contributed by atoms with Crippen molar-refractivity contribution in [1.29, 1.82) is 0 Å². The Morgan fingerprint density at radius 2 is 2.06 bits per heavy atom. The van der Waals surface area contributed by atoms with Gasteiger partial charge in [0.2, 0.25) is 0 Å². The van der Waals surface area contributed by atoms with Gasteiger partial charge in [0, 0.05) is 13.1 Å². The zero-order valence-electron chi connectivity index (χ0n) is 10.6. The van der Waals surface area contributed by atoms with Crippen molar-refractivity contribution in [3.05, 3.63) is 17.5 Å². The van der Waals surface area contributed by atoms with Gasteiger partial charge < -0.3 is 10.6 Å². The van der Waals surface area contributed by atoms with Crippen LogP contribution in [0.1, 0.15) is 29.0 Å². The summed E-state index contributed by atoms with van der Waals surface area (Å²) in [5.74, 6) is -0.0185. The van der Waals surface area contributed by atoms with Crippen molar-refractivity contribution in [3.8, 4) is 0 Å². The lowest BCUT2D eigenvalue weighted by atomic mass is 10.1. The van der Waals surface area contributed by atoms with Gasteiger partial charge in [-0.1, -0.05) is 0 Å². The molecule has 104 valence electrons. The zero-order chi connectivity index (χ0) is 11.5. The number of nitrogens with zero attached hydrogens (tertiary/aromatic N) is 2. The molecule has 0 saturated carbocycles. The standard InChI is InChI=1S/C11H18N4O.2ClH/c1-8-7-10(15(2)14-8)11(16)13-9-3-5-12-6-4-9;;/h7,9,12H,3-6H2,1-2H3,(H,13,16);2*1H. The van der Waals surface area contributed by atoms with Crippen LogP contribution in [0.15, 0.2) is 6.07 Å². The third-order valence-corrected chi connectivity index (χ3v) is 2.91. The number of aromatic nitrogens is 2. The van der Waals surface area contributed by atoms with Crippen molar-refractivity contribution in [2.75, 3.05) is 13.1 Å². The SMILES string of the molecule is Cc1cc(C(=O)NC2CCNCC2)n(C)n1.Cl.Cl. The summed E-state index contributed by atoms with van der Waals surface area (Å²) in [7, 11) is 1.80. The highest BCUT2D eigenvalue weighted by molar-refractivity contribution is 5.92. The average Bonchev–Trinajstić information content (AvgIpc) is 2.59. The molecule has 2 heterocycles. The average molecular weight is 295 g/mol. The fraction of sp³-hybridized carbons (Fsp3) is 0.636. The van der Waals surface area contributed by atoms with Crippen LogP contribution >= 0.6 is 24.8 Å². The lowest BCUT2D eigenvalue weighted by Crippen LogP contribution is -2.43. The maximum Gasteiger partial charge on any atom is 0.269 e. The topological polar surface area (TPSA) is 59.0 Å². The molecule has 0 unspecified atom stereocenters. The number of nitrogens with one attached hydrogen (secondary N) is 2. The molecule has 1 aromatic rings. The third-order valence-electron chi connectivity index (χ3n) is 2.91. The van der Waals surface area contributed by atoms with Gasteiger partial charge in [-0.2, -0.15) is 5.10 Å². The van der Waals surface area contributed by atoms with Crippen LogP contribution in [-0.4, -0.2) is 34.8 Å². The second kappa shape index (κ2) is 7.61. The second-order valence-electron chi connectivity index (χ2n) is 4.29. The monoisotopic (exact) mass is 294 g/mol. The highest BCUT2D eigenvalue weighted by Crippen LogP contribution is 2.06. The molecule has 0 radical (unpaired) electrons. The highest BCUT2D eigenvalue weighted by Gasteiger charge is 2.18. The van der Waals surface area contributed by atoms with E-state index < -0.39 is 0 Å². The molecule has 5 nitrogen and oxygen atoms in total. The lowest BCUT2D eigenvalue weighted by molar-refractivity contribution is 0.0920. The number of carbonyl (C=O) groups excluding carboxylic acids is 1. The van der Waals surface area contributed by atoms with E-state index in [4.69, 9.17) is 0 Å². The molecule has 1 aliphatic rings. The van der Waals surface area contributed by atoms with E-state index in [1.165, 1.54) is 0 Å². The molecule has 2 N–H and O–H groups in total. The number of carbonyl (C=O) groups is 1. The quantitative estimate of drug-likeness (QED) is 0.857. The summed E-state index contributed by atoms with van der Waals surface area (Å²) >= 11 is 0. The molecule has 0 bridgehead atoms. The van der Waals surface area contributed by atoms with Gasteiger partial charge in [0.1, 0.15) is 5.69 Å². The Morgan fingerprint density at radius 3 is 2.56 bits per heavy atom. The van der Waals surface area contributed by atoms with Gasteiger partial charge in [0.05, 0.1) is 5.69 Å². The van der Waals surface area contributed by atoms with Gasteiger partial charge >= 0.3 is 0 Å². The predicted octanol–water partition coefficient (Wildman–Crippen LogP) is 1.05. The van der Waals surface area contributed by atoms with E-state index in [-0.39, 0.29) is 30.7 Å². The second-order valence-corrected chi connectivity index (χ2v) is 4.29. The minimum atomic E-state index is -0.0185. The zero-order valence-corrected chi connectivity index (χ0v) is 12.2. The van der Waals surface area contributed by atoms with E-state index in [2.05, 4.69) is 15.7 Å². The van der Waals surface area contributed by atoms with Crippen molar-refractivity contribution < 1.29 is 4.79 Å². The van der Waals surface area contributed by atoms with Gasteiger partial charge in [0.15, 0.2) is 0 Å². The molecule has 1 amide bonds. The fourth-order valence-corrected chi connectivity index (χ4v) is 2.05. The summed E-state index contributed by atoms with van der Waals surface area (Å²) < 4.78 is 1.63. The maximum absolute atomic E-state index is 12.0. The number of rotatable bonds is 2. The van der Waals surface area contributed by atoms with Gasteiger partial charge in [-0.15, -0.1) is 24.8 Å². The first-order valence-corrected chi connectivity index (χ1v) is 5.69. The lowest BCUT2D eigenvalue weighted by Gasteiger charge is -2.23. The Morgan fingerprint density at radius 1 is 1.44 bits per heavy atom. The molecule has 2 rings (SSSR count). The number of hydrogen-bond acceptors (Lipinski definition) is 3. The Bertz CT molecular complexity index is 388.